The molecule has 21 heavy (non-hydrogen) atoms. The molecule has 0 radical (unpaired) electrons. The van der Waals surface area contributed by atoms with Crippen LogP contribution in [0.4, 0.5) is 0 Å². The molecule has 0 heterocycles. The summed E-state index contributed by atoms with van der Waals surface area (Å²) in [5, 5.41) is 0.563. The molecule has 0 bridgehead atoms. The van der Waals surface area contributed by atoms with Crippen molar-refractivity contribution in [2.75, 3.05) is 6.54 Å². The van der Waals surface area contributed by atoms with Crippen LogP contribution in [0.15, 0.2) is 17.0 Å². The van der Waals surface area contributed by atoms with Gasteiger partial charge in [-0.3, -0.25) is 0 Å². The Hall–Kier alpha value is -0.330. The van der Waals surface area contributed by atoms with Gasteiger partial charge in [-0.2, -0.15) is 4.31 Å². The van der Waals surface area contributed by atoms with E-state index in [0.29, 0.717) is 23.0 Å². The van der Waals surface area contributed by atoms with Crippen molar-refractivity contribution in [3.05, 3.63) is 27.7 Å². The van der Waals surface area contributed by atoms with Gasteiger partial charge in [-0.05, 0) is 43.7 Å². The highest BCUT2D eigenvalue weighted by molar-refractivity contribution is 7.89. The first-order chi connectivity index (χ1) is 9.95. The summed E-state index contributed by atoms with van der Waals surface area (Å²) in [6.45, 7) is 0.719. The Morgan fingerprint density at radius 1 is 1.19 bits per heavy atom. The SMILES string of the molecule is NCc1c(Cl)ccc(S(=O)(=O)N(CC2CC2)C2CC2)c1Cl. The second kappa shape index (κ2) is 5.70. The van der Waals surface area contributed by atoms with Gasteiger partial charge in [0.25, 0.3) is 0 Å². The van der Waals surface area contributed by atoms with Gasteiger partial charge >= 0.3 is 0 Å². The van der Waals surface area contributed by atoms with Crippen LogP contribution in [-0.2, 0) is 16.6 Å². The highest BCUT2D eigenvalue weighted by Gasteiger charge is 2.42. The predicted octanol–water partition coefficient (Wildman–Crippen LogP) is 3.02. The lowest BCUT2D eigenvalue weighted by atomic mass is 10.2. The van der Waals surface area contributed by atoms with Gasteiger partial charge in [-0.1, -0.05) is 23.2 Å². The summed E-state index contributed by atoms with van der Waals surface area (Å²) < 4.78 is 27.5. The largest absolute Gasteiger partial charge is 0.326 e. The normalized spacial score (nSPS) is 19.2. The minimum atomic E-state index is -3.59. The molecule has 2 saturated carbocycles. The van der Waals surface area contributed by atoms with E-state index in [4.69, 9.17) is 28.9 Å². The number of nitrogens with zero attached hydrogens (tertiary/aromatic N) is 1. The molecule has 0 atom stereocenters. The van der Waals surface area contributed by atoms with E-state index in [0.717, 1.165) is 25.7 Å². The van der Waals surface area contributed by atoms with Crippen LogP contribution >= 0.6 is 23.2 Å². The summed E-state index contributed by atoms with van der Waals surface area (Å²) in [6.07, 6.45) is 4.09. The molecule has 7 heteroatoms. The second-order valence-corrected chi connectivity index (χ2v) is 8.44. The molecule has 1 aromatic rings. The maximum Gasteiger partial charge on any atom is 0.244 e. The molecular weight excluding hydrogens is 331 g/mol. The van der Waals surface area contributed by atoms with Crippen LogP contribution in [0.5, 0.6) is 0 Å². The first-order valence-electron chi connectivity index (χ1n) is 7.14. The number of hydrogen-bond acceptors (Lipinski definition) is 3. The lowest BCUT2D eigenvalue weighted by Gasteiger charge is -2.23. The molecule has 0 aromatic heterocycles. The monoisotopic (exact) mass is 348 g/mol. The van der Waals surface area contributed by atoms with E-state index in [9.17, 15) is 8.42 Å². The molecule has 2 aliphatic rings. The fourth-order valence-corrected chi connectivity index (χ4v) is 5.12. The Balaban J connectivity index is 2.00. The summed E-state index contributed by atoms with van der Waals surface area (Å²) >= 11 is 12.3. The molecule has 3 rings (SSSR count). The van der Waals surface area contributed by atoms with Crippen LogP contribution in [0.25, 0.3) is 0 Å². The summed E-state index contributed by atoms with van der Waals surface area (Å²) in [7, 11) is -3.59. The van der Waals surface area contributed by atoms with Crippen LogP contribution in [0.2, 0.25) is 10.0 Å². The number of rotatable bonds is 6. The van der Waals surface area contributed by atoms with Crippen LogP contribution in [0.1, 0.15) is 31.2 Å². The maximum atomic E-state index is 12.9. The molecule has 0 unspecified atom stereocenters. The summed E-state index contributed by atoms with van der Waals surface area (Å²) in [4.78, 5) is 0.126. The average Bonchev–Trinajstić information content (AvgIpc) is 3.29. The predicted molar refractivity (Wildman–Crippen MR) is 84.0 cm³/mol. The topological polar surface area (TPSA) is 63.4 Å². The molecule has 1 aromatic carbocycles. The van der Waals surface area contributed by atoms with Gasteiger partial charge < -0.3 is 5.73 Å². The van der Waals surface area contributed by atoms with Crippen molar-refractivity contribution in [1.29, 1.82) is 0 Å². The minimum absolute atomic E-state index is 0.118. The van der Waals surface area contributed by atoms with Crippen LogP contribution < -0.4 is 5.73 Å². The first-order valence-corrected chi connectivity index (χ1v) is 9.33. The van der Waals surface area contributed by atoms with Crippen LogP contribution in [0, 0.1) is 5.92 Å². The van der Waals surface area contributed by atoms with E-state index >= 15 is 0 Å². The molecule has 2 fully saturated rings. The lowest BCUT2D eigenvalue weighted by Crippen LogP contribution is -2.35. The number of hydrogen-bond donors (Lipinski definition) is 1. The van der Waals surface area contributed by atoms with Crippen LogP contribution in [-0.4, -0.2) is 25.3 Å². The quantitative estimate of drug-likeness (QED) is 0.859. The van der Waals surface area contributed by atoms with Crippen molar-refractivity contribution in [2.24, 2.45) is 11.7 Å². The third-order valence-electron chi connectivity index (χ3n) is 4.03. The minimum Gasteiger partial charge on any atom is -0.326 e. The fraction of sp³-hybridized carbons (Fsp3) is 0.571. The van der Waals surface area contributed by atoms with Crippen molar-refractivity contribution in [3.63, 3.8) is 0 Å². The fourth-order valence-electron chi connectivity index (χ4n) is 2.45. The average molecular weight is 349 g/mol. The van der Waals surface area contributed by atoms with Crippen LogP contribution in [0.3, 0.4) is 0 Å². The van der Waals surface area contributed by atoms with Gasteiger partial charge in [0.2, 0.25) is 10.0 Å². The van der Waals surface area contributed by atoms with Gasteiger partial charge in [0.1, 0.15) is 4.90 Å². The van der Waals surface area contributed by atoms with E-state index in [2.05, 4.69) is 0 Å². The Kier molecular flexibility index (Phi) is 4.23. The first kappa shape index (κ1) is 15.6. The summed E-state index contributed by atoms with van der Waals surface area (Å²) in [5.41, 5.74) is 6.11. The van der Waals surface area contributed by atoms with Gasteiger partial charge in [0.15, 0.2) is 0 Å². The second-order valence-electron chi connectivity index (χ2n) is 5.79. The van der Waals surface area contributed by atoms with Gasteiger partial charge in [-0.15, -0.1) is 0 Å². The molecule has 2 N–H and O–H groups in total. The Morgan fingerprint density at radius 2 is 1.86 bits per heavy atom. The summed E-state index contributed by atoms with van der Waals surface area (Å²) in [6, 6.07) is 3.18. The molecular formula is C14H18Cl2N2O2S. The van der Waals surface area contributed by atoms with Gasteiger partial charge in [-0.25, -0.2) is 8.42 Å². The standard InChI is InChI=1S/C14H18Cl2N2O2S/c15-12-5-6-13(14(16)11(12)7-17)21(19,20)18(10-3-4-10)8-9-1-2-9/h5-6,9-10H,1-4,7-8,17H2. The Labute approximate surface area is 135 Å². The molecule has 0 aliphatic heterocycles. The Bertz CT molecular complexity index is 655. The molecule has 2 aliphatic carbocycles. The third kappa shape index (κ3) is 3.08. The number of halogens is 2. The van der Waals surface area contributed by atoms with Crippen molar-refractivity contribution in [3.8, 4) is 0 Å². The molecule has 4 nitrogen and oxygen atoms in total. The van der Waals surface area contributed by atoms with Crippen molar-refractivity contribution in [2.45, 2.75) is 43.2 Å². The van der Waals surface area contributed by atoms with Crippen molar-refractivity contribution < 1.29 is 8.42 Å². The van der Waals surface area contributed by atoms with E-state index in [1.165, 1.54) is 6.07 Å². The zero-order chi connectivity index (χ0) is 15.2. The number of nitrogens with two attached hydrogens (primary N) is 1. The maximum absolute atomic E-state index is 12.9. The van der Waals surface area contributed by atoms with Gasteiger partial charge in [0, 0.05) is 29.7 Å². The highest BCUT2D eigenvalue weighted by atomic mass is 35.5. The van der Waals surface area contributed by atoms with Gasteiger partial charge in [0.05, 0.1) is 5.02 Å². The van der Waals surface area contributed by atoms with E-state index in [-0.39, 0.29) is 22.5 Å². The molecule has 0 amide bonds. The van der Waals surface area contributed by atoms with E-state index < -0.39 is 10.0 Å². The number of sulfonamides is 1. The van der Waals surface area contributed by atoms with E-state index in [1.807, 2.05) is 0 Å². The zero-order valence-electron chi connectivity index (χ0n) is 11.6. The lowest BCUT2D eigenvalue weighted by molar-refractivity contribution is 0.389. The van der Waals surface area contributed by atoms with Crippen molar-refractivity contribution in [1.82, 2.24) is 4.31 Å². The number of benzene rings is 1. The smallest absolute Gasteiger partial charge is 0.244 e. The molecule has 0 saturated heterocycles. The Morgan fingerprint density at radius 3 is 2.38 bits per heavy atom. The highest BCUT2D eigenvalue weighted by Crippen LogP contribution is 2.40. The van der Waals surface area contributed by atoms with Crippen molar-refractivity contribution >= 4 is 33.2 Å². The third-order valence-corrected chi connectivity index (χ3v) is 6.89. The zero-order valence-corrected chi connectivity index (χ0v) is 13.9. The molecule has 116 valence electrons. The summed E-state index contributed by atoms with van der Waals surface area (Å²) in [5.74, 6) is 0.500. The molecule has 0 spiro atoms. The van der Waals surface area contributed by atoms with E-state index in [1.54, 1.807) is 10.4 Å².